The topological polar surface area (TPSA) is 43.4 Å². The Labute approximate surface area is 80.5 Å². The lowest BCUT2D eigenvalue weighted by Crippen LogP contribution is -2.04. The Morgan fingerprint density at radius 2 is 1.85 bits per heavy atom. The Morgan fingerprint density at radius 3 is 2.23 bits per heavy atom. The summed E-state index contributed by atoms with van der Waals surface area (Å²) in [6, 6.07) is 0. The third-order valence-electron chi connectivity index (χ3n) is 0.933. The Balaban J connectivity index is 0. The fourth-order valence-corrected chi connectivity index (χ4v) is 0.465. The monoisotopic (exact) mass is 188 g/mol. The van der Waals surface area contributed by atoms with Crippen LogP contribution in [0.25, 0.3) is 0 Å². The zero-order valence-corrected chi connectivity index (χ0v) is 8.84. The molecule has 0 aliphatic heterocycles. The number of carbonyl (C=O) groups excluding carboxylic acids is 2. The summed E-state index contributed by atoms with van der Waals surface area (Å²) in [6.45, 7) is 6.63. The highest BCUT2D eigenvalue weighted by molar-refractivity contribution is 5.72. The highest BCUT2D eigenvalue weighted by Gasteiger charge is 1.99. The maximum absolute atomic E-state index is 10.6. The fourth-order valence-electron chi connectivity index (χ4n) is 0.465. The van der Waals surface area contributed by atoms with E-state index in [4.69, 9.17) is 4.74 Å². The van der Waals surface area contributed by atoms with Crippen molar-refractivity contribution >= 4 is 12.3 Å². The SMILES string of the molecule is CCC.CCCOC(=O)CCC=O. The molecule has 0 N–H and O–H groups in total. The van der Waals surface area contributed by atoms with Crippen LogP contribution in [-0.2, 0) is 14.3 Å². The first-order valence-corrected chi connectivity index (χ1v) is 4.82. The van der Waals surface area contributed by atoms with Gasteiger partial charge in [-0.05, 0) is 6.42 Å². The van der Waals surface area contributed by atoms with E-state index in [0.29, 0.717) is 12.9 Å². The molecule has 0 aromatic rings. The molecule has 0 bridgehead atoms. The molecule has 0 saturated heterocycles. The number of ether oxygens (including phenoxy) is 1. The molecule has 0 saturated carbocycles. The van der Waals surface area contributed by atoms with Gasteiger partial charge in [0.05, 0.1) is 13.0 Å². The van der Waals surface area contributed by atoms with Gasteiger partial charge in [-0.3, -0.25) is 4.79 Å². The highest BCUT2D eigenvalue weighted by atomic mass is 16.5. The second-order valence-corrected chi connectivity index (χ2v) is 2.63. The minimum Gasteiger partial charge on any atom is -0.466 e. The molecule has 0 heterocycles. The molecule has 0 amide bonds. The number of carbonyl (C=O) groups is 2. The van der Waals surface area contributed by atoms with E-state index < -0.39 is 0 Å². The van der Waals surface area contributed by atoms with Gasteiger partial charge in [-0.15, -0.1) is 0 Å². The van der Waals surface area contributed by atoms with Crippen LogP contribution in [0.1, 0.15) is 46.5 Å². The van der Waals surface area contributed by atoms with Gasteiger partial charge in [0.2, 0.25) is 0 Å². The molecule has 0 aromatic carbocycles. The molecule has 3 nitrogen and oxygen atoms in total. The summed E-state index contributed by atoms with van der Waals surface area (Å²) in [5.74, 6) is -0.283. The first-order valence-electron chi connectivity index (χ1n) is 4.82. The molecule has 0 rings (SSSR count). The average Bonchev–Trinajstić information content (AvgIpc) is 2.12. The smallest absolute Gasteiger partial charge is 0.306 e. The fraction of sp³-hybridized carbons (Fsp3) is 0.800. The summed E-state index contributed by atoms with van der Waals surface area (Å²) in [6.07, 6.45) is 3.27. The molecule has 3 heteroatoms. The zero-order chi connectivity index (χ0) is 10.5. The van der Waals surface area contributed by atoms with Gasteiger partial charge in [0, 0.05) is 6.42 Å². The third-order valence-corrected chi connectivity index (χ3v) is 0.933. The number of aldehydes is 1. The summed E-state index contributed by atoms with van der Waals surface area (Å²) >= 11 is 0. The van der Waals surface area contributed by atoms with E-state index in [1.54, 1.807) is 0 Å². The number of rotatable bonds is 5. The van der Waals surface area contributed by atoms with E-state index in [1.807, 2.05) is 6.92 Å². The summed E-state index contributed by atoms with van der Waals surface area (Å²) < 4.78 is 4.70. The lowest BCUT2D eigenvalue weighted by Gasteiger charge is -1.98. The maximum atomic E-state index is 10.6. The van der Waals surface area contributed by atoms with Crippen LogP contribution in [0, 0.1) is 0 Å². The van der Waals surface area contributed by atoms with E-state index in [0.717, 1.165) is 6.42 Å². The highest BCUT2D eigenvalue weighted by Crippen LogP contribution is 1.90. The van der Waals surface area contributed by atoms with Crippen molar-refractivity contribution in [3.63, 3.8) is 0 Å². The van der Waals surface area contributed by atoms with Gasteiger partial charge in [-0.1, -0.05) is 27.2 Å². The van der Waals surface area contributed by atoms with E-state index in [-0.39, 0.29) is 18.8 Å². The molecule has 0 aliphatic carbocycles. The van der Waals surface area contributed by atoms with Crippen LogP contribution >= 0.6 is 0 Å². The van der Waals surface area contributed by atoms with Crippen molar-refractivity contribution in [3.8, 4) is 0 Å². The molecule has 0 radical (unpaired) electrons. The number of hydrogen-bond donors (Lipinski definition) is 0. The molecule has 0 spiro atoms. The van der Waals surface area contributed by atoms with E-state index >= 15 is 0 Å². The van der Waals surface area contributed by atoms with Gasteiger partial charge in [0.1, 0.15) is 6.29 Å². The van der Waals surface area contributed by atoms with Crippen molar-refractivity contribution in [2.24, 2.45) is 0 Å². The Kier molecular flexibility index (Phi) is 15.5. The molecule has 0 atom stereocenters. The van der Waals surface area contributed by atoms with E-state index in [2.05, 4.69) is 13.8 Å². The number of esters is 1. The van der Waals surface area contributed by atoms with Crippen LogP contribution in [0.4, 0.5) is 0 Å². The lowest BCUT2D eigenvalue weighted by molar-refractivity contribution is -0.144. The van der Waals surface area contributed by atoms with Gasteiger partial charge in [0.15, 0.2) is 0 Å². The predicted octanol–water partition coefficient (Wildman–Crippen LogP) is 2.33. The van der Waals surface area contributed by atoms with Crippen molar-refractivity contribution < 1.29 is 14.3 Å². The van der Waals surface area contributed by atoms with Gasteiger partial charge >= 0.3 is 5.97 Å². The summed E-state index contributed by atoms with van der Waals surface area (Å²) in [7, 11) is 0. The van der Waals surface area contributed by atoms with Crippen LogP contribution in [0.15, 0.2) is 0 Å². The summed E-state index contributed by atoms with van der Waals surface area (Å²) in [5.41, 5.74) is 0. The Bertz CT molecular complexity index is 121. The Morgan fingerprint density at radius 1 is 1.31 bits per heavy atom. The van der Waals surface area contributed by atoms with Crippen molar-refractivity contribution in [2.45, 2.75) is 46.5 Å². The molecule has 0 aliphatic rings. The first-order chi connectivity index (χ1) is 6.22. The quantitative estimate of drug-likeness (QED) is 0.491. The van der Waals surface area contributed by atoms with Crippen molar-refractivity contribution in [1.29, 1.82) is 0 Å². The van der Waals surface area contributed by atoms with Gasteiger partial charge in [-0.25, -0.2) is 0 Å². The van der Waals surface area contributed by atoms with E-state index in [1.165, 1.54) is 6.42 Å². The molecular formula is C10H20O3. The molecule has 0 unspecified atom stereocenters. The van der Waals surface area contributed by atoms with Gasteiger partial charge in [-0.2, -0.15) is 0 Å². The first kappa shape index (κ1) is 14.7. The molecule has 0 aromatic heterocycles. The van der Waals surface area contributed by atoms with Crippen LogP contribution in [0.2, 0.25) is 0 Å². The van der Waals surface area contributed by atoms with Crippen LogP contribution in [0.5, 0.6) is 0 Å². The van der Waals surface area contributed by atoms with Crippen molar-refractivity contribution in [1.82, 2.24) is 0 Å². The lowest BCUT2D eigenvalue weighted by atomic mass is 10.3. The number of hydrogen-bond acceptors (Lipinski definition) is 3. The van der Waals surface area contributed by atoms with E-state index in [9.17, 15) is 9.59 Å². The summed E-state index contributed by atoms with van der Waals surface area (Å²) in [4.78, 5) is 20.4. The minimum absolute atomic E-state index is 0.212. The van der Waals surface area contributed by atoms with Gasteiger partial charge in [0.25, 0.3) is 0 Å². The minimum atomic E-state index is -0.283. The standard InChI is InChI=1S/C7H12O3.C3H8/c1-2-6-10-7(9)4-3-5-8;1-3-2/h5H,2-4,6H2,1H3;3H2,1-2H3. The van der Waals surface area contributed by atoms with Crippen LogP contribution in [-0.4, -0.2) is 18.9 Å². The van der Waals surface area contributed by atoms with Crippen LogP contribution < -0.4 is 0 Å². The normalized spacial score (nSPS) is 8.23. The molecule has 0 fully saturated rings. The second-order valence-electron chi connectivity index (χ2n) is 2.63. The second kappa shape index (κ2) is 13.7. The summed E-state index contributed by atoms with van der Waals surface area (Å²) in [5, 5.41) is 0. The van der Waals surface area contributed by atoms with Crippen molar-refractivity contribution in [3.05, 3.63) is 0 Å². The van der Waals surface area contributed by atoms with Crippen LogP contribution in [0.3, 0.4) is 0 Å². The average molecular weight is 188 g/mol. The largest absolute Gasteiger partial charge is 0.466 e. The van der Waals surface area contributed by atoms with Gasteiger partial charge < -0.3 is 9.53 Å². The molecular weight excluding hydrogens is 168 g/mol. The Hall–Kier alpha value is -0.860. The molecule has 78 valence electrons. The van der Waals surface area contributed by atoms with Crippen molar-refractivity contribution in [2.75, 3.05) is 6.61 Å². The third kappa shape index (κ3) is 18.3. The predicted molar refractivity (Wildman–Crippen MR) is 52.5 cm³/mol. The maximum Gasteiger partial charge on any atom is 0.306 e. The molecule has 13 heavy (non-hydrogen) atoms. The zero-order valence-electron chi connectivity index (χ0n) is 8.84.